The van der Waals surface area contributed by atoms with E-state index in [0.717, 1.165) is 29.8 Å². The van der Waals surface area contributed by atoms with Gasteiger partial charge in [0, 0.05) is 5.92 Å². The summed E-state index contributed by atoms with van der Waals surface area (Å²) in [6, 6.07) is 14.2. The molecular weight excluding hydrogens is 396 g/mol. The first-order valence-electron chi connectivity index (χ1n) is 10.4. The van der Waals surface area contributed by atoms with Crippen LogP contribution in [-0.4, -0.2) is 22.8 Å². The third kappa shape index (κ3) is 4.29. The monoisotopic (exact) mass is 424 g/mol. The normalized spacial score (nSPS) is 21.0. The number of rotatable bonds is 3. The van der Waals surface area contributed by atoms with Crippen molar-refractivity contribution in [3.8, 4) is 5.75 Å². The zero-order valence-corrected chi connectivity index (χ0v) is 18.6. The molecule has 2 aliphatic rings. The topological polar surface area (TPSA) is 59.6 Å². The van der Waals surface area contributed by atoms with Crippen molar-refractivity contribution in [2.75, 3.05) is 5.32 Å². The van der Waals surface area contributed by atoms with Crippen LogP contribution in [0.1, 0.15) is 62.8 Å². The molecule has 0 radical (unpaired) electrons. The summed E-state index contributed by atoms with van der Waals surface area (Å²) in [6.45, 7) is 7.53. The van der Waals surface area contributed by atoms with Gasteiger partial charge in [0.05, 0.1) is 11.7 Å². The molecule has 0 spiro atoms. The highest BCUT2D eigenvalue weighted by Gasteiger charge is 2.34. The van der Waals surface area contributed by atoms with E-state index in [0.29, 0.717) is 4.99 Å². The summed E-state index contributed by atoms with van der Waals surface area (Å²) in [5.41, 5.74) is 3.89. The number of hydrogen-bond donors (Lipinski definition) is 2. The van der Waals surface area contributed by atoms with Crippen LogP contribution in [0.2, 0.25) is 0 Å². The van der Waals surface area contributed by atoms with E-state index in [9.17, 15) is 4.79 Å². The van der Waals surface area contributed by atoms with Gasteiger partial charge >= 0.3 is 6.09 Å². The summed E-state index contributed by atoms with van der Waals surface area (Å²) in [4.78, 5) is 13.4. The van der Waals surface area contributed by atoms with Crippen molar-refractivity contribution < 1.29 is 14.3 Å². The molecule has 30 heavy (non-hydrogen) atoms. The van der Waals surface area contributed by atoms with Gasteiger partial charge in [-0.15, -0.1) is 0 Å². The van der Waals surface area contributed by atoms with Crippen LogP contribution in [0.25, 0.3) is 0 Å². The van der Waals surface area contributed by atoms with Crippen molar-refractivity contribution in [1.82, 2.24) is 5.32 Å². The molecule has 5 nitrogen and oxygen atoms in total. The molecule has 0 aromatic heterocycles. The summed E-state index contributed by atoms with van der Waals surface area (Å²) in [5.74, 6) is 0.935. The van der Waals surface area contributed by atoms with Gasteiger partial charge in [-0.2, -0.15) is 0 Å². The number of nitrogens with one attached hydrogen (secondary N) is 2. The maximum Gasteiger partial charge on any atom is 0.408 e. The fraction of sp³-hybridized carbons (Fsp3) is 0.417. The van der Waals surface area contributed by atoms with Gasteiger partial charge in [-0.1, -0.05) is 42.5 Å². The molecule has 2 aromatic carbocycles. The van der Waals surface area contributed by atoms with Gasteiger partial charge in [0.15, 0.2) is 0 Å². The molecule has 3 unspecified atom stereocenters. The van der Waals surface area contributed by atoms with Gasteiger partial charge in [-0.25, -0.2) is 4.79 Å². The zero-order valence-electron chi connectivity index (χ0n) is 17.8. The van der Waals surface area contributed by atoms with Gasteiger partial charge in [-0.3, -0.25) is 0 Å². The number of ether oxygens (including phenoxy) is 2. The van der Waals surface area contributed by atoms with Gasteiger partial charge in [0.25, 0.3) is 0 Å². The van der Waals surface area contributed by atoms with Crippen LogP contribution in [0.4, 0.5) is 10.5 Å². The molecular formula is C24H28N2O3S. The van der Waals surface area contributed by atoms with Gasteiger partial charge in [-0.05, 0) is 69.4 Å². The molecule has 6 heteroatoms. The zero-order chi connectivity index (χ0) is 21.5. The SMILES string of the molecule is CC1Oc2ccc(C(NC(=O)OC(C)(C)C)C3CCc4ccccc43)cc2NC1=S. The van der Waals surface area contributed by atoms with Gasteiger partial charge in [0.1, 0.15) is 22.4 Å². The quantitative estimate of drug-likeness (QED) is 0.637. The Balaban J connectivity index is 1.68. The number of hydrogen-bond acceptors (Lipinski definition) is 4. The fourth-order valence-corrected chi connectivity index (χ4v) is 4.36. The smallest absolute Gasteiger partial charge is 0.408 e. The Morgan fingerprint density at radius 1 is 1.27 bits per heavy atom. The number of carbonyl (C=O) groups is 1. The number of aryl methyl sites for hydroxylation is 1. The van der Waals surface area contributed by atoms with Crippen molar-refractivity contribution in [1.29, 1.82) is 0 Å². The first-order valence-corrected chi connectivity index (χ1v) is 10.8. The van der Waals surface area contributed by atoms with Crippen LogP contribution in [0, 0.1) is 0 Å². The minimum atomic E-state index is -0.560. The Morgan fingerprint density at radius 3 is 2.80 bits per heavy atom. The van der Waals surface area contributed by atoms with Crippen molar-refractivity contribution in [3.63, 3.8) is 0 Å². The molecule has 1 aliphatic heterocycles. The highest BCUT2D eigenvalue weighted by molar-refractivity contribution is 7.80. The fourth-order valence-electron chi connectivity index (χ4n) is 4.21. The molecule has 158 valence electrons. The minimum Gasteiger partial charge on any atom is -0.481 e. The van der Waals surface area contributed by atoms with E-state index in [1.54, 1.807) is 0 Å². The Hall–Kier alpha value is -2.60. The van der Waals surface area contributed by atoms with Gasteiger partial charge in [0.2, 0.25) is 0 Å². The van der Waals surface area contributed by atoms with Gasteiger partial charge < -0.3 is 20.1 Å². The second-order valence-electron chi connectivity index (χ2n) is 8.97. The number of benzene rings is 2. The Kier molecular flexibility index (Phi) is 5.45. The predicted octanol–water partition coefficient (Wildman–Crippen LogP) is 5.50. The number of amides is 1. The molecule has 1 aliphatic carbocycles. The van der Waals surface area contributed by atoms with Crippen LogP contribution < -0.4 is 15.4 Å². The highest BCUT2D eigenvalue weighted by atomic mass is 32.1. The largest absolute Gasteiger partial charge is 0.481 e. The Morgan fingerprint density at radius 2 is 2.03 bits per heavy atom. The van der Waals surface area contributed by atoms with E-state index >= 15 is 0 Å². The molecule has 3 atom stereocenters. The maximum atomic E-state index is 12.7. The van der Waals surface area contributed by atoms with Crippen molar-refractivity contribution >= 4 is 29.0 Å². The van der Waals surface area contributed by atoms with E-state index in [4.69, 9.17) is 21.7 Å². The van der Waals surface area contributed by atoms with Crippen molar-refractivity contribution in [3.05, 3.63) is 59.2 Å². The number of fused-ring (bicyclic) bond motifs is 2. The minimum absolute atomic E-state index is 0.157. The molecule has 1 amide bonds. The second-order valence-corrected chi connectivity index (χ2v) is 9.41. The predicted molar refractivity (Wildman–Crippen MR) is 122 cm³/mol. The average molecular weight is 425 g/mol. The first-order chi connectivity index (χ1) is 14.2. The molecule has 0 fully saturated rings. The second kappa shape index (κ2) is 7.91. The molecule has 0 saturated heterocycles. The summed E-state index contributed by atoms with van der Waals surface area (Å²) >= 11 is 5.38. The van der Waals surface area contributed by atoms with Crippen LogP contribution in [0.15, 0.2) is 42.5 Å². The summed E-state index contributed by atoms with van der Waals surface area (Å²) < 4.78 is 11.5. The standard InChI is InChI=1S/C24H28N2O3S/c1-14-22(30)25-19-13-16(10-12-20(19)28-14)21(26-23(27)29-24(2,3)4)18-11-9-15-7-5-6-8-17(15)18/h5-8,10,12-14,18,21H,9,11H2,1-4H3,(H,25,30)(H,26,27). The summed E-state index contributed by atoms with van der Waals surface area (Å²) in [7, 11) is 0. The number of thiocarbonyl (C=S) groups is 1. The lowest BCUT2D eigenvalue weighted by Crippen LogP contribution is -2.37. The van der Waals surface area contributed by atoms with E-state index in [1.165, 1.54) is 11.1 Å². The molecule has 2 aromatic rings. The highest BCUT2D eigenvalue weighted by Crippen LogP contribution is 2.43. The Bertz CT molecular complexity index is 983. The Labute approximate surface area is 183 Å². The first kappa shape index (κ1) is 20.7. The lowest BCUT2D eigenvalue weighted by atomic mass is 9.88. The van der Waals surface area contributed by atoms with Crippen molar-refractivity contribution in [2.45, 2.75) is 64.2 Å². The van der Waals surface area contributed by atoms with E-state index in [2.05, 4.69) is 34.9 Å². The summed E-state index contributed by atoms with van der Waals surface area (Å²) in [6.07, 6.45) is 1.40. The van der Waals surface area contributed by atoms with Crippen LogP contribution >= 0.6 is 12.2 Å². The number of anilines is 1. The third-order valence-electron chi connectivity index (χ3n) is 5.55. The lowest BCUT2D eigenvalue weighted by molar-refractivity contribution is 0.0495. The van der Waals surface area contributed by atoms with Crippen LogP contribution in [0.5, 0.6) is 5.75 Å². The molecule has 1 heterocycles. The molecule has 2 N–H and O–H groups in total. The maximum absolute atomic E-state index is 12.7. The molecule has 0 saturated carbocycles. The average Bonchev–Trinajstić information content (AvgIpc) is 3.09. The van der Waals surface area contributed by atoms with Crippen molar-refractivity contribution in [2.24, 2.45) is 0 Å². The summed E-state index contributed by atoms with van der Waals surface area (Å²) in [5, 5.41) is 6.41. The van der Waals surface area contributed by atoms with Crippen LogP contribution in [0.3, 0.4) is 0 Å². The number of alkyl carbamates (subject to hydrolysis) is 1. The van der Waals surface area contributed by atoms with Crippen LogP contribution in [-0.2, 0) is 11.2 Å². The van der Waals surface area contributed by atoms with E-state index in [-0.39, 0.29) is 18.1 Å². The van der Waals surface area contributed by atoms with E-state index < -0.39 is 11.7 Å². The lowest BCUT2D eigenvalue weighted by Gasteiger charge is -2.30. The number of carbonyl (C=O) groups excluding carboxylic acids is 1. The third-order valence-corrected chi connectivity index (χ3v) is 5.98. The molecule has 0 bridgehead atoms. The molecule has 4 rings (SSSR count). The van der Waals surface area contributed by atoms with E-state index in [1.807, 2.05) is 45.9 Å².